The van der Waals surface area contributed by atoms with Crippen molar-refractivity contribution >= 4 is 22.6 Å². The van der Waals surface area contributed by atoms with Gasteiger partial charge in [0.25, 0.3) is 0 Å². The summed E-state index contributed by atoms with van der Waals surface area (Å²) in [4.78, 5) is 2.54. The zero-order valence-corrected chi connectivity index (χ0v) is 10.1. The maximum Gasteiger partial charge on any atom is 0.0590 e. The molecule has 0 N–H and O–H groups in total. The molecular formula is C9H18INO. The summed E-state index contributed by atoms with van der Waals surface area (Å²) >= 11 is 2.49. The van der Waals surface area contributed by atoms with Crippen molar-refractivity contribution in [3.63, 3.8) is 0 Å². The summed E-state index contributed by atoms with van der Waals surface area (Å²) in [5.41, 5.74) is 0. The highest BCUT2D eigenvalue weighted by molar-refractivity contribution is 14.1. The highest BCUT2D eigenvalue weighted by Crippen LogP contribution is 2.20. The van der Waals surface area contributed by atoms with Crippen molar-refractivity contribution in [2.45, 2.75) is 23.8 Å². The Morgan fingerprint density at radius 3 is 3.00 bits per heavy atom. The molecule has 0 aliphatic carbocycles. The van der Waals surface area contributed by atoms with Gasteiger partial charge >= 0.3 is 0 Å². The van der Waals surface area contributed by atoms with E-state index >= 15 is 0 Å². The molecule has 2 atom stereocenters. The van der Waals surface area contributed by atoms with Crippen molar-refractivity contribution in [3.8, 4) is 0 Å². The predicted molar refractivity (Wildman–Crippen MR) is 59.7 cm³/mol. The summed E-state index contributed by atoms with van der Waals surface area (Å²) in [7, 11) is 1.80. The summed E-state index contributed by atoms with van der Waals surface area (Å²) in [5.74, 6) is 0.765. The van der Waals surface area contributed by atoms with Crippen molar-refractivity contribution < 1.29 is 4.74 Å². The second kappa shape index (κ2) is 5.40. The minimum absolute atomic E-state index is 0.669. The van der Waals surface area contributed by atoms with Crippen LogP contribution in [0.3, 0.4) is 0 Å². The van der Waals surface area contributed by atoms with Crippen LogP contribution in [-0.2, 0) is 4.74 Å². The molecule has 2 unspecified atom stereocenters. The van der Waals surface area contributed by atoms with E-state index in [4.69, 9.17) is 4.74 Å². The van der Waals surface area contributed by atoms with Gasteiger partial charge in [-0.25, -0.2) is 0 Å². The number of rotatable bonds is 3. The van der Waals surface area contributed by atoms with E-state index in [1.165, 1.54) is 25.9 Å². The summed E-state index contributed by atoms with van der Waals surface area (Å²) in [6.07, 6.45) is 2.68. The smallest absolute Gasteiger partial charge is 0.0590 e. The molecule has 0 aromatic heterocycles. The number of nitrogens with zero attached hydrogens (tertiary/aromatic N) is 1. The quantitative estimate of drug-likeness (QED) is 0.447. The number of alkyl halides is 1. The van der Waals surface area contributed by atoms with Crippen LogP contribution in [0.1, 0.15) is 19.8 Å². The van der Waals surface area contributed by atoms with Crippen molar-refractivity contribution in [2.75, 3.05) is 26.8 Å². The number of ether oxygens (including phenoxy) is 1. The minimum Gasteiger partial charge on any atom is -0.384 e. The highest BCUT2D eigenvalue weighted by Gasteiger charge is 2.21. The molecule has 3 heteroatoms. The van der Waals surface area contributed by atoms with Crippen LogP contribution in [0.15, 0.2) is 0 Å². The van der Waals surface area contributed by atoms with Gasteiger partial charge in [0.05, 0.1) is 10.7 Å². The van der Waals surface area contributed by atoms with Crippen molar-refractivity contribution in [1.29, 1.82) is 0 Å². The molecule has 0 bridgehead atoms. The van der Waals surface area contributed by atoms with E-state index in [2.05, 4.69) is 34.4 Å². The molecule has 2 nitrogen and oxygen atoms in total. The molecule has 0 saturated carbocycles. The van der Waals surface area contributed by atoms with E-state index in [-0.39, 0.29) is 0 Å². The lowest BCUT2D eigenvalue weighted by Crippen LogP contribution is -2.39. The molecule has 0 aromatic rings. The highest BCUT2D eigenvalue weighted by atomic mass is 127. The molecule has 1 fully saturated rings. The molecule has 12 heavy (non-hydrogen) atoms. The lowest BCUT2D eigenvalue weighted by Gasteiger charge is -2.34. The molecule has 1 rings (SSSR count). The van der Waals surface area contributed by atoms with Crippen molar-refractivity contribution in [2.24, 2.45) is 5.92 Å². The Morgan fingerprint density at radius 1 is 1.67 bits per heavy atom. The SMILES string of the molecule is COCC1CCCN(C(C)I)C1. The van der Waals surface area contributed by atoms with Gasteiger partial charge in [0.1, 0.15) is 0 Å². The lowest BCUT2D eigenvalue weighted by molar-refractivity contribution is 0.0905. The maximum atomic E-state index is 5.18. The Balaban J connectivity index is 2.30. The Morgan fingerprint density at radius 2 is 2.42 bits per heavy atom. The topological polar surface area (TPSA) is 12.5 Å². The van der Waals surface area contributed by atoms with Crippen LogP contribution in [0.5, 0.6) is 0 Å². The summed E-state index contributed by atoms with van der Waals surface area (Å²) < 4.78 is 5.85. The fourth-order valence-corrected chi connectivity index (χ4v) is 2.30. The maximum absolute atomic E-state index is 5.18. The van der Waals surface area contributed by atoms with E-state index in [0.29, 0.717) is 4.05 Å². The Bertz CT molecular complexity index is 128. The van der Waals surface area contributed by atoms with Gasteiger partial charge in [-0.2, -0.15) is 0 Å². The lowest BCUT2D eigenvalue weighted by atomic mass is 9.99. The number of hydrogen-bond donors (Lipinski definition) is 0. The van der Waals surface area contributed by atoms with Crippen LogP contribution in [0.25, 0.3) is 0 Å². The van der Waals surface area contributed by atoms with Crippen LogP contribution in [-0.4, -0.2) is 35.8 Å². The Labute approximate surface area is 88.8 Å². The molecule has 0 amide bonds. The van der Waals surface area contributed by atoms with Gasteiger partial charge in [0.15, 0.2) is 0 Å². The van der Waals surface area contributed by atoms with E-state index in [9.17, 15) is 0 Å². The van der Waals surface area contributed by atoms with E-state index < -0.39 is 0 Å². The monoisotopic (exact) mass is 283 g/mol. The molecular weight excluding hydrogens is 265 g/mol. The predicted octanol–water partition coefficient (Wildman–Crippen LogP) is 2.13. The first kappa shape index (κ1) is 10.7. The third kappa shape index (κ3) is 3.18. The minimum atomic E-state index is 0.669. The first-order chi connectivity index (χ1) is 5.74. The normalized spacial score (nSPS) is 28.8. The standard InChI is InChI=1S/C9H18INO/c1-8(10)11-5-3-4-9(6-11)7-12-2/h8-9H,3-7H2,1-2H3. The number of likely N-dealkylation sites (tertiary alicyclic amines) is 1. The van der Waals surface area contributed by atoms with Gasteiger partial charge in [0.2, 0.25) is 0 Å². The van der Waals surface area contributed by atoms with E-state index in [1.54, 1.807) is 7.11 Å². The number of hydrogen-bond acceptors (Lipinski definition) is 2. The van der Waals surface area contributed by atoms with E-state index in [0.717, 1.165) is 12.5 Å². The molecule has 0 radical (unpaired) electrons. The van der Waals surface area contributed by atoms with Gasteiger partial charge in [-0.1, -0.05) is 22.6 Å². The first-order valence-electron chi connectivity index (χ1n) is 4.61. The van der Waals surface area contributed by atoms with E-state index in [1.807, 2.05) is 0 Å². The molecule has 72 valence electrons. The third-order valence-electron chi connectivity index (χ3n) is 2.46. The Kier molecular flexibility index (Phi) is 4.82. The van der Waals surface area contributed by atoms with Crippen LogP contribution in [0.4, 0.5) is 0 Å². The van der Waals surface area contributed by atoms with Gasteiger partial charge < -0.3 is 4.74 Å². The largest absolute Gasteiger partial charge is 0.384 e. The molecule has 0 aromatic carbocycles. The van der Waals surface area contributed by atoms with Gasteiger partial charge in [-0.3, -0.25) is 4.90 Å². The van der Waals surface area contributed by atoms with Gasteiger partial charge in [-0.15, -0.1) is 0 Å². The Hall–Kier alpha value is 0.650. The van der Waals surface area contributed by atoms with Crippen LogP contribution in [0.2, 0.25) is 0 Å². The van der Waals surface area contributed by atoms with Crippen molar-refractivity contribution in [3.05, 3.63) is 0 Å². The second-order valence-electron chi connectivity index (χ2n) is 3.53. The van der Waals surface area contributed by atoms with Gasteiger partial charge in [0, 0.05) is 13.7 Å². The molecule has 1 aliphatic heterocycles. The number of halogens is 1. The average molecular weight is 283 g/mol. The summed E-state index contributed by atoms with van der Waals surface area (Å²) in [6.45, 7) is 5.68. The molecule has 1 aliphatic rings. The average Bonchev–Trinajstić information content (AvgIpc) is 2.05. The zero-order chi connectivity index (χ0) is 8.97. The third-order valence-corrected chi connectivity index (χ3v) is 3.24. The second-order valence-corrected chi connectivity index (χ2v) is 5.34. The van der Waals surface area contributed by atoms with Gasteiger partial charge in [-0.05, 0) is 32.2 Å². The molecule has 1 saturated heterocycles. The summed E-state index contributed by atoms with van der Waals surface area (Å²) in [5, 5.41) is 0. The first-order valence-corrected chi connectivity index (χ1v) is 5.85. The number of piperidine rings is 1. The molecule has 0 spiro atoms. The molecule has 1 heterocycles. The fraction of sp³-hybridized carbons (Fsp3) is 1.00. The van der Waals surface area contributed by atoms with Crippen LogP contribution < -0.4 is 0 Å². The van der Waals surface area contributed by atoms with Crippen LogP contribution >= 0.6 is 22.6 Å². The van der Waals surface area contributed by atoms with Crippen LogP contribution in [0, 0.1) is 5.92 Å². The number of methoxy groups -OCH3 is 1. The zero-order valence-electron chi connectivity index (χ0n) is 7.92. The van der Waals surface area contributed by atoms with Crippen molar-refractivity contribution in [1.82, 2.24) is 4.90 Å². The summed E-state index contributed by atoms with van der Waals surface area (Å²) in [6, 6.07) is 0. The fourth-order valence-electron chi connectivity index (χ4n) is 1.79.